The molecule has 4 saturated carbocycles. The van der Waals surface area contributed by atoms with E-state index in [0.29, 0.717) is 41.3 Å². The van der Waals surface area contributed by atoms with Crippen molar-refractivity contribution in [3.05, 3.63) is 46.8 Å². The summed E-state index contributed by atoms with van der Waals surface area (Å²) in [6, 6.07) is 2.43. The molecule has 0 aromatic carbocycles. The topological polar surface area (TPSA) is 113 Å². The number of carbonyl (C=O) groups excluding carboxylic acids is 3. The minimum atomic E-state index is -0.682. The van der Waals surface area contributed by atoms with Crippen LogP contribution in [0.1, 0.15) is 64.2 Å². The Bertz CT molecular complexity index is 1170. The van der Waals surface area contributed by atoms with Crippen LogP contribution < -0.4 is 10.6 Å². The Labute approximate surface area is 196 Å². The first-order chi connectivity index (χ1) is 16.1. The number of halogens is 1. The summed E-state index contributed by atoms with van der Waals surface area (Å²) in [6.45, 7) is 3.35. The molecule has 9 heteroatoms. The molecule has 8 nitrogen and oxygen atoms in total. The van der Waals surface area contributed by atoms with Crippen LogP contribution in [0, 0.1) is 37.5 Å². The summed E-state index contributed by atoms with van der Waals surface area (Å²) in [7, 11) is 1.65. The van der Waals surface area contributed by atoms with Crippen LogP contribution in [0.5, 0.6) is 0 Å². The van der Waals surface area contributed by atoms with Gasteiger partial charge in [0.05, 0.1) is 28.7 Å². The summed E-state index contributed by atoms with van der Waals surface area (Å²) in [5.74, 6) is -1.60. The lowest BCUT2D eigenvalue weighted by atomic mass is 9.52. The Morgan fingerprint density at radius 2 is 1.82 bits per heavy atom. The molecule has 2 atom stereocenters. The molecule has 180 valence electrons. The maximum atomic E-state index is 13.2. The van der Waals surface area contributed by atoms with Gasteiger partial charge in [-0.25, -0.2) is 4.98 Å². The number of nitrogens with zero attached hydrogens (tertiary/aromatic N) is 2. The molecule has 2 aromatic rings. The number of hydrogen-bond donors (Lipinski definition) is 3. The zero-order chi connectivity index (χ0) is 24.4. The highest BCUT2D eigenvalue weighted by atomic mass is 19.1. The Morgan fingerprint density at radius 1 is 1.15 bits per heavy atom. The average molecular weight is 469 g/mol. The van der Waals surface area contributed by atoms with Crippen molar-refractivity contribution < 1.29 is 23.9 Å². The molecule has 4 aliphatic carbocycles. The molecule has 0 aliphatic heterocycles. The second-order valence-electron chi connectivity index (χ2n) is 10.3. The maximum Gasteiger partial charge on any atom is 0.294 e. The third-order valence-electron chi connectivity index (χ3n) is 8.10. The molecule has 4 fully saturated rings. The summed E-state index contributed by atoms with van der Waals surface area (Å²) < 4.78 is 14.6. The van der Waals surface area contributed by atoms with Crippen molar-refractivity contribution in [2.45, 2.75) is 57.6 Å². The van der Waals surface area contributed by atoms with Crippen molar-refractivity contribution >= 4 is 23.3 Å². The van der Waals surface area contributed by atoms with Crippen LogP contribution in [-0.2, 0) is 11.8 Å². The second kappa shape index (κ2) is 8.01. The van der Waals surface area contributed by atoms with Crippen LogP contribution in [0.3, 0.4) is 0 Å². The van der Waals surface area contributed by atoms with E-state index in [-0.39, 0.29) is 23.6 Å². The number of hydrogen-bond acceptors (Lipinski definition) is 5. The number of carbonyl (C=O) groups is 3. The Morgan fingerprint density at radius 3 is 2.41 bits per heavy atom. The minimum absolute atomic E-state index is 0.108. The molecular formula is C25H29FN4O4. The van der Waals surface area contributed by atoms with E-state index in [1.165, 1.54) is 12.3 Å². The van der Waals surface area contributed by atoms with Crippen molar-refractivity contribution in [2.75, 3.05) is 5.32 Å². The van der Waals surface area contributed by atoms with Crippen molar-refractivity contribution in [3.8, 4) is 0 Å². The first-order valence-electron chi connectivity index (χ1n) is 11.7. The molecule has 0 saturated heterocycles. The van der Waals surface area contributed by atoms with E-state index in [0.717, 1.165) is 25.3 Å². The van der Waals surface area contributed by atoms with Crippen LogP contribution in [0.15, 0.2) is 18.3 Å². The number of nitrogens with one attached hydrogen (secondary N) is 2. The number of aromatic nitrogens is 2. The van der Waals surface area contributed by atoms with Crippen molar-refractivity contribution in [1.82, 2.24) is 14.9 Å². The predicted octanol–water partition coefficient (Wildman–Crippen LogP) is 2.67. The maximum absolute atomic E-state index is 13.2. The van der Waals surface area contributed by atoms with E-state index >= 15 is 0 Å². The average Bonchev–Trinajstić information content (AvgIpc) is 2.98. The minimum Gasteiger partial charge on any atom is -0.390 e. The largest absolute Gasteiger partial charge is 0.390 e. The van der Waals surface area contributed by atoms with Gasteiger partial charge in [-0.15, -0.1) is 0 Å². The van der Waals surface area contributed by atoms with Gasteiger partial charge in [0, 0.05) is 18.8 Å². The lowest BCUT2D eigenvalue weighted by Gasteiger charge is -2.58. The number of pyridine rings is 1. The summed E-state index contributed by atoms with van der Waals surface area (Å²) in [6.07, 6.45) is 5.35. The molecule has 6 rings (SSSR count). The van der Waals surface area contributed by atoms with Gasteiger partial charge in [-0.2, -0.15) is 4.39 Å². The van der Waals surface area contributed by atoms with Gasteiger partial charge in [0.1, 0.15) is 0 Å². The van der Waals surface area contributed by atoms with Crippen LogP contribution in [0.25, 0.3) is 0 Å². The number of ketones is 1. The summed E-state index contributed by atoms with van der Waals surface area (Å²) in [5.41, 5.74) is 1.11. The van der Waals surface area contributed by atoms with E-state index in [2.05, 4.69) is 15.6 Å². The first kappa shape index (κ1) is 22.7. The molecule has 0 spiro atoms. The summed E-state index contributed by atoms with van der Waals surface area (Å²) >= 11 is 0. The predicted molar refractivity (Wildman–Crippen MR) is 122 cm³/mol. The second-order valence-corrected chi connectivity index (χ2v) is 10.3. The van der Waals surface area contributed by atoms with Gasteiger partial charge in [0.15, 0.2) is 0 Å². The summed E-state index contributed by atoms with van der Waals surface area (Å²) in [5, 5.41) is 16.4. The number of Topliss-reactive ketones (excluding diaryl/α,β-unsaturated/α-hetero) is 1. The Kier molecular flexibility index (Phi) is 5.35. The SMILES string of the molecule is Cc1c(C(=O)Nc2ccc(F)nc2)c(C)n(C)c1C(=O)C(=O)N[C@H]1C2CC3CC1C[C@](O)(C3)C2. The standard InChI is InChI=1S/C25H29FN4O4/c1-12-19(23(32)28-17-4-5-18(26)27-11-17)13(2)30(3)21(12)22(31)24(33)29-20-15-6-14-7-16(20)10-25(34,8-14)9-15/h4-5,11,14-16,20,34H,6-10H2,1-3H3,(H,28,32)(H,29,33)/t14?,15?,16?,20-,25-. The van der Waals surface area contributed by atoms with Crippen LogP contribution in [0.2, 0.25) is 0 Å². The zero-order valence-corrected chi connectivity index (χ0v) is 19.5. The van der Waals surface area contributed by atoms with Gasteiger partial charge in [0.25, 0.3) is 17.6 Å². The zero-order valence-electron chi connectivity index (χ0n) is 19.5. The Hall–Kier alpha value is -3.07. The van der Waals surface area contributed by atoms with Gasteiger partial charge in [-0.05, 0) is 81.4 Å². The highest BCUT2D eigenvalue weighted by Gasteiger charge is 2.55. The Balaban J connectivity index is 1.34. The summed E-state index contributed by atoms with van der Waals surface area (Å²) in [4.78, 5) is 42.7. The fourth-order valence-electron chi connectivity index (χ4n) is 6.82. The third-order valence-corrected chi connectivity index (χ3v) is 8.10. The smallest absolute Gasteiger partial charge is 0.294 e. The van der Waals surface area contributed by atoms with Crippen LogP contribution >= 0.6 is 0 Å². The van der Waals surface area contributed by atoms with Gasteiger partial charge in [0.2, 0.25) is 5.95 Å². The molecule has 4 aliphatic rings. The first-order valence-corrected chi connectivity index (χ1v) is 11.7. The molecular weight excluding hydrogens is 439 g/mol. The van der Waals surface area contributed by atoms with Crippen LogP contribution in [0.4, 0.5) is 10.1 Å². The fraction of sp³-hybridized carbons (Fsp3) is 0.520. The molecule has 2 unspecified atom stereocenters. The molecule has 2 amide bonds. The monoisotopic (exact) mass is 468 g/mol. The van der Waals surface area contributed by atoms with E-state index in [4.69, 9.17) is 0 Å². The van der Waals surface area contributed by atoms with Crippen molar-refractivity contribution in [2.24, 2.45) is 24.8 Å². The highest BCUT2D eigenvalue weighted by Crippen LogP contribution is 2.55. The van der Waals surface area contributed by atoms with Gasteiger partial charge >= 0.3 is 0 Å². The molecule has 2 heterocycles. The fourth-order valence-corrected chi connectivity index (χ4v) is 6.82. The lowest BCUT2D eigenvalue weighted by Crippen LogP contribution is -2.62. The highest BCUT2D eigenvalue weighted by molar-refractivity contribution is 6.43. The molecule has 3 N–H and O–H groups in total. The lowest BCUT2D eigenvalue weighted by molar-refractivity contribution is -0.144. The molecule has 4 bridgehead atoms. The van der Waals surface area contributed by atoms with Gasteiger partial charge in [-0.3, -0.25) is 14.4 Å². The van der Waals surface area contributed by atoms with E-state index in [9.17, 15) is 23.9 Å². The number of anilines is 1. The van der Waals surface area contributed by atoms with Crippen LogP contribution in [-0.4, -0.2) is 43.9 Å². The van der Waals surface area contributed by atoms with Crippen molar-refractivity contribution in [1.29, 1.82) is 0 Å². The van der Waals surface area contributed by atoms with E-state index < -0.39 is 29.1 Å². The third kappa shape index (κ3) is 3.72. The number of rotatable bonds is 5. The number of aliphatic hydroxyl groups is 1. The number of amides is 2. The molecule has 0 radical (unpaired) electrons. The quantitative estimate of drug-likeness (QED) is 0.355. The molecule has 2 aromatic heterocycles. The van der Waals surface area contributed by atoms with Gasteiger partial charge in [-0.1, -0.05) is 0 Å². The van der Waals surface area contributed by atoms with E-state index in [1.807, 2.05) is 0 Å². The molecule has 34 heavy (non-hydrogen) atoms. The van der Waals surface area contributed by atoms with Gasteiger partial charge < -0.3 is 20.3 Å². The van der Waals surface area contributed by atoms with Crippen molar-refractivity contribution in [3.63, 3.8) is 0 Å². The van der Waals surface area contributed by atoms with E-state index in [1.54, 1.807) is 25.5 Å². The normalized spacial score (nSPS) is 29.2.